The topological polar surface area (TPSA) is 29.5 Å². The van der Waals surface area contributed by atoms with Gasteiger partial charge in [0.25, 0.3) is 5.91 Å². The zero-order valence-corrected chi connectivity index (χ0v) is 11.8. The summed E-state index contributed by atoms with van der Waals surface area (Å²) in [6, 6.07) is 11.3. The summed E-state index contributed by atoms with van der Waals surface area (Å²) in [7, 11) is 1.61. The fraction of sp³-hybridized carbons (Fsp3) is 0.188. The molecule has 0 saturated heterocycles. The fourth-order valence-electron chi connectivity index (χ4n) is 1.93. The number of halogens is 3. The van der Waals surface area contributed by atoms with Crippen molar-refractivity contribution in [2.75, 3.05) is 7.05 Å². The second kappa shape index (κ2) is 6.98. The Kier molecular flexibility index (Phi) is 5.04. The van der Waals surface area contributed by atoms with Gasteiger partial charge in [-0.3, -0.25) is 4.79 Å². The molecular formula is C16H14F3NO2. The van der Waals surface area contributed by atoms with Gasteiger partial charge in [-0.05, 0) is 42.0 Å². The molecule has 0 aliphatic heterocycles. The van der Waals surface area contributed by atoms with Gasteiger partial charge < -0.3 is 9.64 Å². The average Bonchev–Trinajstić information content (AvgIpc) is 2.49. The highest BCUT2D eigenvalue weighted by Gasteiger charge is 2.12. The van der Waals surface area contributed by atoms with Gasteiger partial charge >= 0.3 is 6.61 Å². The lowest BCUT2D eigenvalue weighted by atomic mass is 10.1. The smallest absolute Gasteiger partial charge is 0.387 e. The normalized spacial score (nSPS) is 10.6. The summed E-state index contributed by atoms with van der Waals surface area (Å²) >= 11 is 0. The van der Waals surface area contributed by atoms with E-state index in [1.165, 1.54) is 41.3 Å². The van der Waals surface area contributed by atoms with E-state index in [4.69, 9.17) is 0 Å². The van der Waals surface area contributed by atoms with Crippen LogP contribution in [0.2, 0.25) is 0 Å². The molecule has 6 heteroatoms. The first kappa shape index (κ1) is 15.9. The van der Waals surface area contributed by atoms with E-state index in [1.54, 1.807) is 19.2 Å². The third-order valence-corrected chi connectivity index (χ3v) is 3.01. The van der Waals surface area contributed by atoms with Gasteiger partial charge in [0, 0.05) is 19.2 Å². The van der Waals surface area contributed by atoms with Crippen molar-refractivity contribution in [3.63, 3.8) is 0 Å². The van der Waals surface area contributed by atoms with Crippen LogP contribution in [-0.4, -0.2) is 24.5 Å². The van der Waals surface area contributed by atoms with E-state index in [9.17, 15) is 18.0 Å². The maximum atomic E-state index is 12.8. The second-order valence-corrected chi connectivity index (χ2v) is 4.69. The number of amides is 1. The first-order valence-corrected chi connectivity index (χ1v) is 6.50. The Morgan fingerprint density at radius 1 is 1.09 bits per heavy atom. The molecule has 0 N–H and O–H groups in total. The SMILES string of the molecule is CN(Cc1ccc(OC(F)F)cc1)C(=O)c1ccc(F)cc1. The van der Waals surface area contributed by atoms with Crippen LogP contribution in [0.15, 0.2) is 48.5 Å². The molecule has 0 aliphatic carbocycles. The predicted octanol–water partition coefficient (Wildman–Crippen LogP) is 3.70. The molecule has 0 heterocycles. The van der Waals surface area contributed by atoms with Crippen molar-refractivity contribution in [3.8, 4) is 5.75 Å². The lowest BCUT2D eigenvalue weighted by Gasteiger charge is -2.17. The minimum Gasteiger partial charge on any atom is -0.435 e. The highest BCUT2D eigenvalue weighted by Crippen LogP contribution is 2.16. The van der Waals surface area contributed by atoms with Crippen LogP contribution in [-0.2, 0) is 6.54 Å². The first-order chi connectivity index (χ1) is 10.5. The maximum Gasteiger partial charge on any atom is 0.387 e. The van der Waals surface area contributed by atoms with Crippen LogP contribution >= 0.6 is 0 Å². The lowest BCUT2D eigenvalue weighted by Crippen LogP contribution is -2.26. The van der Waals surface area contributed by atoms with Crippen molar-refractivity contribution in [2.45, 2.75) is 13.2 Å². The number of benzene rings is 2. The summed E-state index contributed by atoms with van der Waals surface area (Å²) < 4.78 is 41.2. The van der Waals surface area contributed by atoms with E-state index >= 15 is 0 Å². The number of alkyl halides is 2. The number of hydrogen-bond donors (Lipinski definition) is 0. The Morgan fingerprint density at radius 2 is 1.68 bits per heavy atom. The Morgan fingerprint density at radius 3 is 2.23 bits per heavy atom. The fourth-order valence-corrected chi connectivity index (χ4v) is 1.93. The summed E-state index contributed by atoms with van der Waals surface area (Å²) in [5.41, 5.74) is 1.14. The highest BCUT2D eigenvalue weighted by molar-refractivity contribution is 5.93. The van der Waals surface area contributed by atoms with Crippen LogP contribution in [0.5, 0.6) is 5.75 Å². The van der Waals surface area contributed by atoms with Crippen LogP contribution in [0, 0.1) is 5.82 Å². The van der Waals surface area contributed by atoms with Gasteiger partial charge in [0.2, 0.25) is 0 Å². The van der Waals surface area contributed by atoms with Crippen LogP contribution < -0.4 is 4.74 Å². The quantitative estimate of drug-likeness (QED) is 0.843. The zero-order valence-electron chi connectivity index (χ0n) is 11.8. The van der Waals surface area contributed by atoms with Crippen molar-refractivity contribution in [3.05, 3.63) is 65.5 Å². The first-order valence-electron chi connectivity index (χ1n) is 6.50. The Labute approximate surface area is 125 Å². The molecule has 0 radical (unpaired) electrons. The van der Waals surface area contributed by atoms with Gasteiger partial charge in [-0.15, -0.1) is 0 Å². The van der Waals surface area contributed by atoms with Crippen molar-refractivity contribution in [2.24, 2.45) is 0 Å². The molecule has 0 saturated carbocycles. The third kappa shape index (κ3) is 4.25. The molecule has 0 aliphatic rings. The molecule has 0 fully saturated rings. The van der Waals surface area contributed by atoms with Crippen LogP contribution in [0.3, 0.4) is 0 Å². The number of nitrogens with zero attached hydrogens (tertiary/aromatic N) is 1. The van der Waals surface area contributed by atoms with Crippen molar-refractivity contribution in [1.82, 2.24) is 4.90 Å². The molecule has 116 valence electrons. The monoisotopic (exact) mass is 309 g/mol. The molecule has 2 aromatic carbocycles. The number of ether oxygens (including phenoxy) is 1. The van der Waals surface area contributed by atoms with E-state index in [0.29, 0.717) is 12.1 Å². The van der Waals surface area contributed by atoms with Gasteiger partial charge in [-0.1, -0.05) is 12.1 Å². The zero-order chi connectivity index (χ0) is 16.1. The van der Waals surface area contributed by atoms with Gasteiger partial charge in [0.15, 0.2) is 0 Å². The van der Waals surface area contributed by atoms with E-state index in [-0.39, 0.29) is 11.7 Å². The van der Waals surface area contributed by atoms with Crippen LogP contribution in [0.25, 0.3) is 0 Å². The molecule has 22 heavy (non-hydrogen) atoms. The predicted molar refractivity (Wildman–Crippen MR) is 75.3 cm³/mol. The van der Waals surface area contributed by atoms with Crippen LogP contribution in [0.1, 0.15) is 15.9 Å². The minimum absolute atomic E-state index is 0.0614. The molecule has 0 spiro atoms. The Balaban J connectivity index is 2.00. The number of hydrogen-bond acceptors (Lipinski definition) is 2. The number of carbonyl (C=O) groups is 1. The number of carbonyl (C=O) groups excluding carboxylic acids is 1. The Hall–Kier alpha value is -2.50. The van der Waals surface area contributed by atoms with E-state index in [1.807, 2.05) is 0 Å². The minimum atomic E-state index is -2.87. The van der Waals surface area contributed by atoms with Crippen molar-refractivity contribution < 1.29 is 22.7 Å². The standard InChI is InChI=1S/C16H14F3NO2/c1-20(15(21)12-4-6-13(17)7-5-12)10-11-2-8-14(9-3-11)22-16(18)19/h2-9,16H,10H2,1H3. The summed E-state index contributed by atoms with van der Waals surface area (Å²) in [5.74, 6) is -0.604. The number of rotatable bonds is 5. The molecule has 0 aromatic heterocycles. The summed E-state index contributed by atoms with van der Waals surface area (Å²) in [6.45, 7) is -2.57. The largest absolute Gasteiger partial charge is 0.435 e. The summed E-state index contributed by atoms with van der Waals surface area (Å²) in [4.78, 5) is 13.6. The van der Waals surface area contributed by atoms with Crippen LogP contribution in [0.4, 0.5) is 13.2 Å². The van der Waals surface area contributed by atoms with E-state index < -0.39 is 12.4 Å². The average molecular weight is 309 g/mol. The van der Waals surface area contributed by atoms with Gasteiger partial charge in [-0.2, -0.15) is 8.78 Å². The molecule has 1 amide bonds. The maximum absolute atomic E-state index is 12.8. The lowest BCUT2D eigenvalue weighted by molar-refractivity contribution is -0.0498. The molecule has 2 aromatic rings. The Bertz CT molecular complexity index is 627. The molecule has 0 atom stereocenters. The molecule has 3 nitrogen and oxygen atoms in total. The molecular weight excluding hydrogens is 295 g/mol. The van der Waals surface area contributed by atoms with Crippen molar-refractivity contribution in [1.29, 1.82) is 0 Å². The molecule has 2 rings (SSSR count). The second-order valence-electron chi connectivity index (χ2n) is 4.69. The molecule has 0 bridgehead atoms. The van der Waals surface area contributed by atoms with Gasteiger partial charge in [0.1, 0.15) is 11.6 Å². The summed E-state index contributed by atoms with van der Waals surface area (Å²) in [5, 5.41) is 0. The highest BCUT2D eigenvalue weighted by atomic mass is 19.3. The van der Waals surface area contributed by atoms with Gasteiger partial charge in [-0.25, -0.2) is 4.39 Å². The van der Waals surface area contributed by atoms with Gasteiger partial charge in [0.05, 0.1) is 0 Å². The molecule has 0 unspecified atom stereocenters. The third-order valence-electron chi connectivity index (χ3n) is 3.01. The van der Waals surface area contributed by atoms with E-state index in [0.717, 1.165) is 5.56 Å². The summed E-state index contributed by atoms with van der Waals surface area (Å²) in [6.07, 6.45) is 0. The van der Waals surface area contributed by atoms with Crippen molar-refractivity contribution >= 4 is 5.91 Å². The van der Waals surface area contributed by atoms with E-state index in [2.05, 4.69) is 4.74 Å².